The van der Waals surface area contributed by atoms with Gasteiger partial charge in [-0.3, -0.25) is 14.4 Å². The maximum absolute atomic E-state index is 13.6. The molecule has 0 unspecified atom stereocenters. The van der Waals surface area contributed by atoms with Gasteiger partial charge in [0.1, 0.15) is 4.83 Å². The van der Waals surface area contributed by atoms with Gasteiger partial charge in [0.05, 0.1) is 22.7 Å². The molecule has 2 saturated carbocycles. The average Bonchev–Trinajstić information content (AvgIpc) is 3.32. The minimum absolute atomic E-state index is 0.0622. The van der Waals surface area contributed by atoms with Crippen LogP contribution in [0.3, 0.4) is 0 Å². The Labute approximate surface area is 199 Å². The lowest BCUT2D eigenvalue weighted by Gasteiger charge is -2.46. The molecule has 1 amide bonds. The summed E-state index contributed by atoms with van der Waals surface area (Å²) in [4.78, 5) is 16.6. The number of amides is 1. The zero-order valence-corrected chi connectivity index (χ0v) is 19.9. The molecule has 11 heteroatoms. The number of alkyl halides is 4. The van der Waals surface area contributed by atoms with Crippen molar-refractivity contribution in [3.05, 3.63) is 16.6 Å². The second-order valence-corrected chi connectivity index (χ2v) is 10.9. The second-order valence-electron chi connectivity index (χ2n) is 9.90. The molecule has 6 nitrogen and oxygen atoms in total. The Hall–Kier alpha value is -1.72. The molecule has 5 rings (SSSR count). The molecule has 1 N–H and O–H groups in total. The van der Waals surface area contributed by atoms with Gasteiger partial charge < -0.3 is 10.1 Å². The van der Waals surface area contributed by atoms with Gasteiger partial charge in [-0.05, 0) is 51.5 Å². The third kappa shape index (κ3) is 4.97. The molecule has 0 atom stereocenters. The SMILES string of the molecule is Cc1nn(C2CCC(F)(F)CC2)c2sc(C(=O)NC3CCC(N4CC(OC(F)F)C4)CC3)cc12. The lowest BCUT2D eigenvalue weighted by molar-refractivity contribution is -0.201. The fourth-order valence-corrected chi connectivity index (χ4v) is 6.68. The van der Waals surface area contributed by atoms with Crippen LogP contribution < -0.4 is 5.32 Å². The summed E-state index contributed by atoms with van der Waals surface area (Å²) in [5, 5.41) is 8.65. The number of halogens is 4. The molecule has 0 aromatic carbocycles. The predicted molar refractivity (Wildman–Crippen MR) is 121 cm³/mol. The number of thiophene rings is 1. The Morgan fingerprint density at radius 1 is 1.15 bits per heavy atom. The van der Waals surface area contributed by atoms with E-state index in [4.69, 9.17) is 0 Å². The van der Waals surface area contributed by atoms with Crippen molar-refractivity contribution in [2.75, 3.05) is 13.1 Å². The van der Waals surface area contributed by atoms with Gasteiger partial charge in [-0.25, -0.2) is 8.78 Å². The molecular weight excluding hydrogens is 472 g/mol. The van der Waals surface area contributed by atoms with Gasteiger partial charge in [-0.15, -0.1) is 11.3 Å². The molecule has 2 aromatic rings. The summed E-state index contributed by atoms with van der Waals surface area (Å²) in [6.45, 7) is 0.260. The molecule has 0 bridgehead atoms. The highest BCUT2D eigenvalue weighted by Gasteiger charge is 2.38. The summed E-state index contributed by atoms with van der Waals surface area (Å²) >= 11 is 1.38. The van der Waals surface area contributed by atoms with Gasteiger partial charge in [0.25, 0.3) is 5.91 Å². The first-order valence-electron chi connectivity index (χ1n) is 12.0. The Kier molecular flexibility index (Phi) is 6.62. The molecule has 0 radical (unpaired) electrons. The number of ether oxygens (including phenoxy) is 1. The number of aryl methyl sites for hydroxylation is 1. The van der Waals surface area contributed by atoms with Crippen LogP contribution in [-0.4, -0.2) is 64.4 Å². The van der Waals surface area contributed by atoms with Crippen LogP contribution in [0.5, 0.6) is 0 Å². The van der Waals surface area contributed by atoms with Crippen molar-refractivity contribution < 1.29 is 27.1 Å². The Morgan fingerprint density at radius 2 is 1.82 bits per heavy atom. The first-order valence-corrected chi connectivity index (χ1v) is 12.8. The average molecular weight is 503 g/mol. The number of hydrogen-bond acceptors (Lipinski definition) is 5. The van der Waals surface area contributed by atoms with Crippen molar-refractivity contribution in [3.8, 4) is 0 Å². The van der Waals surface area contributed by atoms with Gasteiger partial charge in [-0.2, -0.15) is 13.9 Å². The lowest BCUT2D eigenvalue weighted by Crippen LogP contribution is -2.58. The molecule has 2 aliphatic carbocycles. The third-order valence-electron chi connectivity index (χ3n) is 7.54. The van der Waals surface area contributed by atoms with E-state index in [1.165, 1.54) is 11.3 Å². The zero-order valence-electron chi connectivity index (χ0n) is 19.1. The van der Waals surface area contributed by atoms with Gasteiger partial charge in [0, 0.05) is 43.4 Å². The standard InChI is InChI=1S/C23H30F4N4O2S/c1-13-18-10-19(34-21(18)31(29-13)16-6-8-23(26,27)9-7-16)20(32)28-14-2-4-15(5-3-14)30-11-17(12-30)33-22(24)25/h10,14-17,22H,2-9,11-12H2,1H3,(H,28,32). The highest BCUT2D eigenvalue weighted by atomic mass is 32.1. The summed E-state index contributed by atoms with van der Waals surface area (Å²) in [6, 6.07) is 2.24. The van der Waals surface area contributed by atoms with E-state index in [0.29, 0.717) is 36.9 Å². The van der Waals surface area contributed by atoms with E-state index in [-0.39, 0.29) is 36.9 Å². The van der Waals surface area contributed by atoms with Gasteiger partial charge in [0.2, 0.25) is 5.92 Å². The summed E-state index contributed by atoms with van der Waals surface area (Å²) in [5.74, 6) is -2.70. The molecule has 0 spiro atoms. The van der Waals surface area contributed by atoms with Crippen LogP contribution in [0.15, 0.2) is 6.07 Å². The minimum atomic E-state index is -2.72. The Bertz CT molecular complexity index is 1020. The number of rotatable bonds is 6. The topological polar surface area (TPSA) is 59.4 Å². The lowest BCUT2D eigenvalue weighted by atomic mass is 9.88. The van der Waals surface area contributed by atoms with Gasteiger partial charge in [0.15, 0.2) is 0 Å². The fourth-order valence-electron chi connectivity index (χ4n) is 5.54. The van der Waals surface area contributed by atoms with Gasteiger partial charge >= 0.3 is 6.61 Å². The summed E-state index contributed by atoms with van der Waals surface area (Å²) in [7, 11) is 0. The van der Waals surface area contributed by atoms with Crippen molar-refractivity contribution in [3.63, 3.8) is 0 Å². The first-order chi connectivity index (χ1) is 16.2. The molecule has 34 heavy (non-hydrogen) atoms. The maximum Gasteiger partial charge on any atom is 0.345 e. The Morgan fingerprint density at radius 3 is 2.47 bits per heavy atom. The molecule has 1 saturated heterocycles. The van der Waals surface area contributed by atoms with E-state index in [1.807, 2.05) is 17.7 Å². The normalized spacial score (nSPS) is 26.8. The number of hydrogen-bond donors (Lipinski definition) is 1. The zero-order chi connectivity index (χ0) is 24.0. The maximum atomic E-state index is 13.6. The van der Waals surface area contributed by atoms with Crippen molar-refractivity contribution >= 4 is 27.5 Å². The minimum Gasteiger partial charge on any atom is -0.349 e. The van der Waals surface area contributed by atoms with Crippen LogP contribution >= 0.6 is 11.3 Å². The van der Waals surface area contributed by atoms with E-state index in [9.17, 15) is 22.4 Å². The highest BCUT2D eigenvalue weighted by Crippen LogP contribution is 2.41. The molecule has 3 heterocycles. The molecular formula is C23H30F4N4O2S. The van der Waals surface area contributed by atoms with Crippen molar-refractivity contribution in [2.24, 2.45) is 0 Å². The molecule has 3 aliphatic rings. The summed E-state index contributed by atoms with van der Waals surface area (Å²) < 4.78 is 58.1. The number of nitrogens with one attached hydrogen (secondary N) is 1. The molecule has 3 fully saturated rings. The predicted octanol–water partition coefficient (Wildman–Crippen LogP) is 5.12. The van der Waals surface area contributed by atoms with Crippen LogP contribution in [0, 0.1) is 6.92 Å². The molecule has 188 valence electrons. The van der Waals surface area contributed by atoms with E-state index < -0.39 is 12.5 Å². The van der Waals surface area contributed by atoms with Crippen LogP contribution in [0.25, 0.3) is 10.2 Å². The third-order valence-corrected chi connectivity index (χ3v) is 8.67. The number of aromatic nitrogens is 2. The number of carbonyl (C=O) groups is 1. The van der Waals surface area contributed by atoms with Crippen LogP contribution in [0.1, 0.15) is 72.8 Å². The van der Waals surface area contributed by atoms with Crippen molar-refractivity contribution in [1.82, 2.24) is 20.0 Å². The van der Waals surface area contributed by atoms with Crippen LogP contribution in [0.4, 0.5) is 17.6 Å². The van der Waals surface area contributed by atoms with Crippen molar-refractivity contribution in [1.29, 1.82) is 0 Å². The van der Waals surface area contributed by atoms with Gasteiger partial charge in [-0.1, -0.05) is 0 Å². The van der Waals surface area contributed by atoms with E-state index >= 15 is 0 Å². The Balaban J connectivity index is 1.16. The smallest absolute Gasteiger partial charge is 0.345 e. The van der Waals surface area contributed by atoms with E-state index in [1.54, 1.807) is 0 Å². The second kappa shape index (κ2) is 9.39. The number of likely N-dealkylation sites (tertiary alicyclic amines) is 1. The quantitative estimate of drug-likeness (QED) is 0.557. The van der Waals surface area contributed by atoms with E-state index in [0.717, 1.165) is 41.6 Å². The molecule has 1 aliphatic heterocycles. The first kappa shape index (κ1) is 24.0. The van der Waals surface area contributed by atoms with Crippen LogP contribution in [0.2, 0.25) is 0 Å². The van der Waals surface area contributed by atoms with Crippen LogP contribution in [-0.2, 0) is 4.74 Å². The monoisotopic (exact) mass is 502 g/mol. The fraction of sp³-hybridized carbons (Fsp3) is 0.739. The highest BCUT2D eigenvalue weighted by molar-refractivity contribution is 7.20. The van der Waals surface area contributed by atoms with E-state index in [2.05, 4.69) is 20.1 Å². The number of fused-ring (bicyclic) bond motifs is 1. The number of carbonyl (C=O) groups excluding carboxylic acids is 1. The summed E-state index contributed by atoms with van der Waals surface area (Å²) in [5.41, 5.74) is 0.812. The number of nitrogens with zero attached hydrogens (tertiary/aromatic N) is 3. The van der Waals surface area contributed by atoms with Crippen molar-refractivity contribution in [2.45, 2.75) is 95.1 Å². The largest absolute Gasteiger partial charge is 0.349 e. The molecule has 2 aromatic heterocycles. The summed E-state index contributed by atoms with van der Waals surface area (Å²) in [6.07, 6.45) is 3.67.